The summed E-state index contributed by atoms with van der Waals surface area (Å²) in [7, 11) is 0. The van der Waals surface area contributed by atoms with Gasteiger partial charge in [-0.15, -0.1) is 23.2 Å². The van der Waals surface area contributed by atoms with Crippen LogP contribution in [0, 0.1) is 22.0 Å². The Labute approximate surface area is 260 Å². The van der Waals surface area contributed by atoms with Gasteiger partial charge in [-0.2, -0.15) is 5.01 Å². The summed E-state index contributed by atoms with van der Waals surface area (Å²) in [5, 5.41) is 12.7. The SMILES string of the molecule is O=C(c1ccccc1[N+](=O)[O-])N(Cc1ccc(Cl)cc1Cl)N1C(=O)[C@H]2[C@H](C1=O)[C@@]1(Cl)C(Cl)=C(Cl)[C@@]2(Cl)C1(Cl)Cl. The summed E-state index contributed by atoms with van der Waals surface area (Å²) in [6.45, 7) is -0.482. The number of benzene rings is 2. The summed E-state index contributed by atoms with van der Waals surface area (Å²) in [5.74, 6) is -6.17. The molecule has 1 heterocycles. The minimum atomic E-state index is -2.18. The van der Waals surface area contributed by atoms with Crippen LogP contribution in [0.5, 0.6) is 0 Å². The Kier molecular flexibility index (Phi) is 7.09. The summed E-state index contributed by atoms with van der Waals surface area (Å²) in [5.41, 5.74) is -0.717. The van der Waals surface area contributed by atoms with E-state index < -0.39 is 66.4 Å². The fourth-order valence-electron chi connectivity index (χ4n) is 5.22. The zero-order valence-electron chi connectivity index (χ0n) is 18.8. The van der Waals surface area contributed by atoms with Crippen LogP contribution in [0.1, 0.15) is 15.9 Å². The van der Waals surface area contributed by atoms with Gasteiger partial charge < -0.3 is 0 Å². The lowest BCUT2D eigenvalue weighted by molar-refractivity contribution is -0.385. The van der Waals surface area contributed by atoms with Gasteiger partial charge >= 0.3 is 0 Å². The molecule has 2 fully saturated rings. The molecule has 0 radical (unpaired) electrons. The molecule has 3 aliphatic rings. The molecule has 1 saturated heterocycles. The molecule has 1 saturated carbocycles. The van der Waals surface area contributed by atoms with Crippen molar-refractivity contribution < 1.29 is 19.3 Å². The van der Waals surface area contributed by atoms with Crippen LogP contribution >= 0.6 is 92.8 Å². The van der Waals surface area contributed by atoms with Gasteiger partial charge in [0, 0.05) is 16.1 Å². The first-order valence-electron chi connectivity index (χ1n) is 10.8. The van der Waals surface area contributed by atoms with E-state index in [9.17, 15) is 24.5 Å². The summed E-state index contributed by atoms with van der Waals surface area (Å²) >= 11 is 51.6. The van der Waals surface area contributed by atoms with Crippen molar-refractivity contribution in [3.63, 3.8) is 0 Å². The van der Waals surface area contributed by atoms with Crippen LogP contribution in [0.3, 0.4) is 0 Å². The van der Waals surface area contributed by atoms with E-state index in [1.807, 2.05) is 0 Å². The monoisotopic (exact) mass is 689 g/mol. The van der Waals surface area contributed by atoms with E-state index in [0.29, 0.717) is 10.0 Å². The number of amides is 3. The number of imide groups is 1. The number of hydrogen-bond donors (Lipinski definition) is 0. The van der Waals surface area contributed by atoms with Gasteiger partial charge in [-0.25, -0.2) is 5.01 Å². The van der Waals surface area contributed by atoms with Crippen LogP contribution in [0.25, 0.3) is 0 Å². The topological polar surface area (TPSA) is 101 Å². The third kappa shape index (κ3) is 3.69. The second-order valence-electron chi connectivity index (χ2n) is 8.94. The van der Waals surface area contributed by atoms with Crippen molar-refractivity contribution in [2.45, 2.75) is 20.6 Å². The molecule has 2 aliphatic carbocycles. The van der Waals surface area contributed by atoms with Crippen molar-refractivity contribution in [3.8, 4) is 0 Å². The molecule has 1 aliphatic heterocycles. The van der Waals surface area contributed by atoms with Crippen LogP contribution < -0.4 is 0 Å². The molecule has 5 rings (SSSR count). The zero-order valence-corrected chi connectivity index (χ0v) is 24.9. The highest BCUT2D eigenvalue weighted by molar-refractivity contribution is 6.66. The number of hydrazine groups is 1. The number of rotatable bonds is 5. The van der Waals surface area contributed by atoms with Crippen molar-refractivity contribution in [1.29, 1.82) is 0 Å². The van der Waals surface area contributed by atoms with Gasteiger partial charge in [0.2, 0.25) is 0 Å². The van der Waals surface area contributed by atoms with Gasteiger partial charge in [0.1, 0.15) is 15.3 Å². The third-order valence-corrected chi connectivity index (χ3v) is 11.9. The molecule has 0 unspecified atom stereocenters. The molecule has 0 N–H and O–H groups in total. The number of halogens is 8. The van der Waals surface area contributed by atoms with E-state index in [1.54, 1.807) is 0 Å². The second kappa shape index (κ2) is 9.53. The fourth-order valence-corrected chi connectivity index (χ4v) is 8.61. The normalized spacial score (nSPS) is 28.8. The minimum absolute atomic E-state index is 0.0955. The maximum absolute atomic E-state index is 13.9. The van der Waals surface area contributed by atoms with Crippen LogP contribution in [0.15, 0.2) is 52.5 Å². The van der Waals surface area contributed by atoms with Gasteiger partial charge in [-0.3, -0.25) is 24.5 Å². The quantitative estimate of drug-likeness (QED) is 0.147. The largest absolute Gasteiger partial charge is 0.282 e. The molecule has 4 atom stereocenters. The number of allylic oxidation sites excluding steroid dienone is 2. The Morgan fingerprint density at radius 3 is 1.97 bits per heavy atom. The highest BCUT2D eigenvalue weighted by atomic mass is 35.5. The smallest absolute Gasteiger partial charge is 0.272 e. The predicted octanol–water partition coefficient (Wildman–Crippen LogP) is 6.91. The van der Waals surface area contributed by atoms with E-state index in [-0.39, 0.29) is 25.7 Å². The average Bonchev–Trinajstić information content (AvgIpc) is 3.26. The molecule has 3 amide bonds. The summed E-state index contributed by atoms with van der Waals surface area (Å²) < 4.78 is -2.18. The minimum Gasteiger partial charge on any atom is -0.272 e. The molecule has 8 nitrogen and oxygen atoms in total. The Bertz CT molecular complexity index is 1490. The summed E-state index contributed by atoms with van der Waals surface area (Å²) in [4.78, 5) is 48.4. The molecule has 2 aromatic rings. The fraction of sp³-hybridized carbons (Fsp3) is 0.261. The molecule has 2 aromatic carbocycles. The maximum Gasteiger partial charge on any atom is 0.282 e. The number of alkyl halides is 4. The Morgan fingerprint density at radius 1 is 0.923 bits per heavy atom. The van der Waals surface area contributed by atoms with E-state index in [2.05, 4.69) is 0 Å². The van der Waals surface area contributed by atoms with E-state index in [4.69, 9.17) is 92.8 Å². The number of nitro groups is 1. The van der Waals surface area contributed by atoms with Crippen molar-refractivity contribution in [2.75, 3.05) is 0 Å². The van der Waals surface area contributed by atoms with Crippen molar-refractivity contribution in [1.82, 2.24) is 10.0 Å². The average molecular weight is 693 g/mol. The van der Waals surface area contributed by atoms with E-state index in [1.165, 1.54) is 36.4 Å². The molecular weight excluding hydrogens is 682 g/mol. The van der Waals surface area contributed by atoms with Crippen molar-refractivity contribution in [3.05, 3.63) is 83.8 Å². The third-order valence-electron chi connectivity index (χ3n) is 7.03. The molecule has 2 bridgehead atoms. The van der Waals surface area contributed by atoms with Crippen LogP contribution in [0.2, 0.25) is 10.0 Å². The molecule has 204 valence electrons. The maximum atomic E-state index is 13.9. The predicted molar refractivity (Wildman–Crippen MR) is 149 cm³/mol. The number of nitrogens with zero attached hydrogens (tertiary/aromatic N) is 3. The van der Waals surface area contributed by atoms with E-state index >= 15 is 0 Å². The lowest BCUT2D eigenvalue weighted by Crippen LogP contribution is -2.55. The first-order valence-corrected chi connectivity index (χ1v) is 13.8. The Hall–Kier alpha value is -1.49. The van der Waals surface area contributed by atoms with Gasteiger partial charge in [0.15, 0.2) is 4.33 Å². The number of carbonyl (C=O) groups is 3. The van der Waals surface area contributed by atoms with Crippen LogP contribution in [-0.4, -0.2) is 46.7 Å². The van der Waals surface area contributed by atoms with E-state index in [0.717, 1.165) is 6.07 Å². The second-order valence-corrected chi connectivity index (χ2v) is 13.1. The Morgan fingerprint density at radius 2 is 1.46 bits per heavy atom. The van der Waals surface area contributed by atoms with Gasteiger partial charge in [0.25, 0.3) is 23.4 Å². The lowest BCUT2D eigenvalue weighted by Gasteiger charge is -2.37. The van der Waals surface area contributed by atoms with Gasteiger partial charge in [-0.1, -0.05) is 87.8 Å². The first-order chi connectivity index (χ1) is 18.1. The molecule has 16 heteroatoms. The highest BCUT2D eigenvalue weighted by Gasteiger charge is 2.88. The lowest BCUT2D eigenvalue weighted by atomic mass is 9.84. The zero-order chi connectivity index (χ0) is 28.8. The van der Waals surface area contributed by atoms with Crippen LogP contribution in [-0.2, 0) is 16.1 Å². The summed E-state index contributed by atoms with van der Waals surface area (Å²) in [6, 6.07) is 9.34. The number of fused-ring (bicyclic) bond motifs is 5. The van der Waals surface area contributed by atoms with Gasteiger partial charge in [0.05, 0.1) is 33.4 Å². The van der Waals surface area contributed by atoms with Crippen molar-refractivity contribution in [2.24, 2.45) is 11.8 Å². The van der Waals surface area contributed by atoms with Crippen molar-refractivity contribution >= 4 is 116 Å². The standard InChI is InChI=1S/C23H11Cl8N3O5/c24-10-6-5-9(12(25)7-10)8-32(18(35)11-3-1-2-4-13(11)34(38)39)33-19(36)14-15(20(33)37)22(29)17(27)16(26)21(14,28)23(22,30)31/h1-7,14-15H,8H2/t14-,15-,21-,22-/m1/s1. The van der Waals surface area contributed by atoms with Crippen LogP contribution in [0.4, 0.5) is 5.69 Å². The molecule has 0 spiro atoms. The number of carbonyl (C=O) groups excluding carboxylic acids is 3. The number of hydrogen-bond acceptors (Lipinski definition) is 5. The Balaban J connectivity index is 1.66. The molecular formula is C23H11Cl8N3O5. The number of nitro benzene ring substituents is 1. The number of para-hydroxylation sites is 1. The van der Waals surface area contributed by atoms with Gasteiger partial charge in [-0.05, 0) is 23.8 Å². The molecule has 39 heavy (non-hydrogen) atoms. The molecule has 0 aromatic heterocycles. The highest BCUT2D eigenvalue weighted by Crippen LogP contribution is 2.77. The summed E-state index contributed by atoms with van der Waals surface area (Å²) in [6.07, 6.45) is 0. The first kappa shape index (κ1) is 29.0.